The van der Waals surface area contributed by atoms with Crippen LogP contribution in [0.3, 0.4) is 0 Å². The molecular formula is C25H19IO4. The van der Waals surface area contributed by atoms with Crippen LogP contribution in [0.25, 0.3) is 10.8 Å². The smallest absolute Gasteiger partial charge is 0.344 e. The normalized spacial score (nSPS) is 10.6. The van der Waals surface area contributed by atoms with Crippen molar-refractivity contribution >= 4 is 39.3 Å². The van der Waals surface area contributed by atoms with Gasteiger partial charge in [0.05, 0.1) is 18.1 Å². The van der Waals surface area contributed by atoms with Gasteiger partial charge in [-0.15, -0.1) is 0 Å². The first-order valence-electron chi connectivity index (χ1n) is 9.40. The molecule has 0 atom stereocenters. The lowest BCUT2D eigenvalue weighted by Crippen LogP contribution is -2.10. The van der Waals surface area contributed by atoms with Gasteiger partial charge in [-0.1, -0.05) is 54.6 Å². The SMILES string of the molecule is COc1ccc(OC(=O)c2ccccc2I)c2cccc(OCc3ccccc3)c12. The van der Waals surface area contributed by atoms with Crippen LogP contribution in [0.1, 0.15) is 15.9 Å². The van der Waals surface area contributed by atoms with Gasteiger partial charge in [0.25, 0.3) is 0 Å². The number of methoxy groups -OCH3 is 1. The van der Waals surface area contributed by atoms with E-state index in [0.29, 0.717) is 29.4 Å². The lowest BCUT2D eigenvalue weighted by Gasteiger charge is -2.15. The van der Waals surface area contributed by atoms with Crippen LogP contribution in [0.15, 0.2) is 84.9 Å². The van der Waals surface area contributed by atoms with Crippen LogP contribution in [0.5, 0.6) is 17.2 Å². The summed E-state index contributed by atoms with van der Waals surface area (Å²) >= 11 is 2.13. The molecule has 4 aromatic rings. The van der Waals surface area contributed by atoms with E-state index in [1.165, 1.54) is 0 Å². The minimum Gasteiger partial charge on any atom is -0.496 e. The average Bonchev–Trinajstić information content (AvgIpc) is 2.79. The molecule has 0 aromatic heterocycles. The first-order chi connectivity index (χ1) is 14.7. The van der Waals surface area contributed by atoms with Crippen molar-refractivity contribution in [2.24, 2.45) is 0 Å². The highest BCUT2D eigenvalue weighted by molar-refractivity contribution is 14.1. The van der Waals surface area contributed by atoms with Crippen molar-refractivity contribution < 1.29 is 19.0 Å². The Bertz CT molecular complexity index is 1190. The number of hydrogen-bond donors (Lipinski definition) is 0. The molecule has 4 aromatic carbocycles. The number of ether oxygens (including phenoxy) is 3. The lowest BCUT2D eigenvalue weighted by atomic mass is 10.1. The highest BCUT2D eigenvalue weighted by Crippen LogP contribution is 2.39. The summed E-state index contributed by atoms with van der Waals surface area (Å²) in [5.74, 6) is 1.38. The number of carbonyl (C=O) groups is 1. The van der Waals surface area contributed by atoms with E-state index < -0.39 is 5.97 Å². The fourth-order valence-corrected chi connectivity index (χ4v) is 3.82. The summed E-state index contributed by atoms with van der Waals surface area (Å²) < 4.78 is 18.2. The standard InChI is InChI=1S/C25H19IO4/c1-28-22-15-14-21(30-25(27)18-10-5-6-12-20(18)26)19-11-7-13-23(24(19)22)29-16-17-8-3-2-4-9-17/h2-15H,16H2,1H3. The van der Waals surface area contributed by atoms with Crippen LogP contribution in [0.2, 0.25) is 0 Å². The molecule has 150 valence electrons. The maximum atomic E-state index is 12.7. The molecule has 4 nitrogen and oxygen atoms in total. The van der Waals surface area contributed by atoms with Gasteiger partial charge in [-0.25, -0.2) is 4.79 Å². The summed E-state index contributed by atoms with van der Waals surface area (Å²) in [5.41, 5.74) is 1.59. The molecular weight excluding hydrogens is 491 g/mol. The molecule has 0 saturated heterocycles. The summed E-state index contributed by atoms with van der Waals surface area (Å²) in [7, 11) is 1.61. The largest absolute Gasteiger partial charge is 0.496 e. The molecule has 0 unspecified atom stereocenters. The van der Waals surface area contributed by atoms with Crippen LogP contribution in [0, 0.1) is 3.57 Å². The molecule has 0 saturated carbocycles. The second-order valence-electron chi connectivity index (χ2n) is 6.59. The van der Waals surface area contributed by atoms with Gasteiger partial charge < -0.3 is 14.2 Å². The molecule has 5 heteroatoms. The maximum Gasteiger partial charge on any atom is 0.344 e. The van der Waals surface area contributed by atoms with Crippen molar-refractivity contribution in [1.29, 1.82) is 0 Å². The molecule has 0 aliphatic rings. The van der Waals surface area contributed by atoms with Crippen molar-refractivity contribution in [3.8, 4) is 17.2 Å². The first kappa shape index (κ1) is 20.2. The molecule has 0 fully saturated rings. The number of halogens is 1. The summed E-state index contributed by atoms with van der Waals surface area (Å²) in [4.78, 5) is 12.7. The van der Waals surface area contributed by atoms with Crippen molar-refractivity contribution in [2.45, 2.75) is 6.61 Å². The molecule has 0 amide bonds. The predicted molar refractivity (Wildman–Crippen MR) is 125 cm³/mol. The Hall–Kier alpha value is -3.06. The van der Waals surface area contributed by atoms with Crippen molar-refractivity contribution in [2.75, 3.05) is 7.11 Å². The second kappa shape index (κ2) is 9.17. The van der Waals surface area contributed by atoms with Gasteiger partial charge in [0.1, 0.15) is 23.9 Å². The summed E-state index contributed by atoms with van der Waals surface area (Å²) in [5, 5.41) is 1.52. The van der Waals surface area contributed by atoms with Gasteiger partial charge in [-0.2, -0.15) is 0 Å². The molecule has 0 heterocycles. The van der Waals surface area contributed by atoms with Gasteiger partial charge in [-0.05, 0) is 58.5 Å². The number of rotatable bonds is 6. The molecule has 0 bridgehead atoms. The van der Waals surface area contributed by atoms with E-state index in [1.807, 2.05) is 66.7 Å². The van der Waals surface area contributed by atoms with Crippen LogP contribution in [-0.4, -0.2) is 13.1 Å². The summed E-state index contributed by atoms with van der Waals surface area (Å²) in [6.45, 7) is 0.426. The van der Waals surface area contributed by atoms with E-state index >= 15 is 0 Å². The molecule has 0 N–H and O–H groups in total. The first-order valence-corrected chi connectivity index (χ1v) is 10.5. The zero-order valence-electron chi connectivity index (χ0n) is 16.3. The molecule has 0 aliphatic carbocycles. The summed E-state index contributed by atoms with van der Waals surface area (Å²) in [6, 6.07) is 26.5. The Morgan fingerprint density at radius 2 is 1.53 bits per heavy atom. The van der Waals surface area contributed by atoms with Gasteiger partial charge in [0, 0.05) is 8.96 Å². The third kappa shape index (κ3) is 4.26. The number of carbonyl (C=O) groups excluding carboxylic acids is 1. The monoisotopic (exact) mass is 510 g/mol. The number of hydrogen-bond acceptors (Lipinski definition) is 4. The predicted octanol–water partition coefficient (Wildman–Crippen LogP) is 6.25. The van der Waals surface area contributed by atoms with Gasteiger partial charge in [0.15, 0.2) is 0 Å². The number of benzene rings is 4. The van der Waals surface area contributed by atoms with E-state index in [9.17, 15) is 4.79 Å². The fourth-order valence-electron chi connectivity index (χ4n) is 3.21. The van der Waals surface area contributed by atoms with Crippen LogP contribution >= 0.6 is 22.6 Å². The zero-order valence-corrected chi connectivity index (χ0v) is 18.5. The Labute approximate surface area is 188 Å². The highest BCUT2D eigenvalue weighted by atomic mass is 127. The van der Waals surface area contributed by atoms with Crippen molar-refractivity contribution in [3.63, 3.8) is 0 Å². The van der Waals surface area contributed by atoms with Gasteiger partial charge in [-0.3, -0.25) is 0 Å². The van der Waals surface area contributed by atoms with Crippen LogP contribution in [-0.2, 0) is 6.61 Å². The van der Waals surface area contributed by atoms with Gasteiger partial charge in [0.2, 0.25) is 0 Å². The number of esters is 1. The third-order valence-electron chi connectivity index (χ3n) is 4.68. The lowest BCUT2D eigenvalue weighted by molar-refractivity contribution is 0.0736. The molecule has 30 heavy (non-hydrogen) atoms. The molecule has 0 radical (unpaired) electrons. The third-order valence-corrected chi connectivity index (χ3v) is 5.62. The molecule has 4 rings (SSSR count). The Morgan fingerprint density at radius 1 is 0.800 bits per heavy atom. The quantitative estimate of drug-likeness (QED) is 0.175. The Kier molecular flexibility index (Phi) is 6.18. The molecule has 0 spiro atoms. The maximum absolute atomic E-state index is 12.7. The van der Waals surface area contributed by atoms with Crippen molar-refractivity contribution in [3.05, 3.63) is 99.6 Å². The second-order valence-corrected chi connectivity index (χ2v) is 7.75. The topological polar surface area (TPSA) is 44.8 Å². The molecule has 0 aliphatic heterocycles. The minimum absolute atomic E-state index is 0.401. The average molecular weight is 510 g/mol. The van der Waals surface area contributed by atoms with Crippen LogP contribution in [0.4, 0.5) is 0 Å². The van der Waals surface area contributed by atoms with Crippen LogP contribution < -0.4 is 14.2 Å². The Morgan fingerprint density at radius 3 is 2.30 bits per heavy atom. The van der Waals surface area contributed by atoms with E-state index in [1.54, 1.807) is 25.3 Å². The minimum atomic E-state index is -0.401. The van der Waals surface area contributed by atoms with Gasteiger partial charge >= 0.3 is 5.97 Å². The zero-order chi connectivity index (χ0) is 20.9. The fraction of sp³-hybridized carbons (Fsp3) is 0.0800. The van der Waals surface area contributed by atoms with E-state index in [0.717, 1.165) is 19.9 Å². The Balaban J connectivity index is 1.70. The highest BCUT2D eigenvalue weighted by Gasteiger charge is 2.17. The van der Waals surface area contributed by atoms with E-state index in [-0.39, 0.29) is 0 Å². The van der Waals surface area contributed by atoms with E-state index in [4.69, 9.17) is 14.2 Å². The number of fused-ring (bicyclic) bond motifs is 1. The van der Waals surface area contributed by atoms with E-state index in [2.05, 4.69) is 22.6 Å². The van der Waals surface area contributed by atoms with Crippen molar-refractivity contribution in [1.82, 2.24) is 0 Å². The summed E-state index contributed by atoms with van der Waals surface area (Å²) in [6.07, 6.45) is 0.